The number of carbonyl (C=O) groups is 1. The van der Waals surface area contributed by atoms with Gasteiger partial charge in [0.25, 0.3) is 0 Å². The molecular formula is C14H14N2O2. The number of nitrogens with two attached hydrogens (primary N) is 1. The maximum absolute atomic E-state index is 11.9. The Labute approximate surface area is 105 Å². The average Bonchev–Trinajstić information content (AvgIpc) is 2.40. The van der Waals surface area contributed by atoms with Crippen molar-refractivity contribution >= 4 is 11.7 Å². The molecule has 92 valence electrons. The Morgan fingerprint density at radius 2 is 2.22 bits per heavy atom. The Morgan fingerprint density at radius 1 is 1.39 bits per heavy atom. The van der Waals surface area contributed by atoms with Crippen LogP contribution in [0.5, 0.6) is 0 Å². The minimum atomic E-state index is -0.417. The number of aromatic nitrogens is 1. The molecule has 0 spiro atoms. The van der Waals surface area contributed by atoms with Gasteiger partial charge in [-0.05, 0) is 25.1 Å². The molecule has 0 aliphatic carbocycles. The van der Waals surface area contributed by atoms with Crippen molar-refractivity contribution in [1.82, 2.24) is 4.98 Å². The molecule has 0 saturated heterocycles. The number of rotatable bonds is 3. The van der Waals surface area contributed by atoms with Gasteiger partial charge in [0.1, 0.15) is 6.61 Å². The summed E-state index contributed by atoms with van der Waals surface area (Å²) in [7, 11) is 0. The number of benzene rings is 1. The van der Waals surface area contributed by atoms with E-state index in [1.165, 1.54) is 0 Å². The maximum Gasteiger partial charge on any atom is 0.340 e. The van der Waals surface area contributed by atoms with E-state index in [1.807, 2.05) is 19.1 Å². The number of pyridine rings is 1. The van der Waals surface area contributed by atoms with Crippen LogP contribution in [0.1, 0.15) is 21.5 Å². The zero-order chi connectivity index (χ0) is 13.0. The van der Waals surface area contributed by atoms with Crippen LogP contribution in [0.3, 0.4) is 0 Å². The van der Waals surface area contributed by atoms with Gasteiger partial charge in [-0.15, -0.1) is 0 Å². The third-order valence-electron chi connectivity index (χ3n) is 2.52. The van der Waals surface area contributed by atoms with E-state index in [-0.39, 0.29) is 6.61 Å². The molecule has 0 radical (unpaired) electrons. The van der Waals surface area contributed by atoms with E-state index in [2.05, 4.69) is 4.98 Å². The fraction of sp³-hybridized carbons (Fsp3) is 0.143. The molecule has 0 unspecified atom stereocenters. The van der Waals surface area contributed by atoms with Crippen LogP contribution in [0.4, 0.5) is 5.69 Å². The number of ether oxygens (including phenoxy) is 1. The highest BCUT2D eigenvalue weighted by Gasteiger charge is 2.11. The quantitative estimate of drug-likeness (QED) is 0.662. The van der Waals surface area contributed by atoms with Crippen molar-refractivity contribution in [2.24, 2.45) is 0 Å². The van der Waals surface area contributed by atoms with Crippen molar-refractivity contribution in [3.63, 3.8) is 0 Å². The first-order chi connectivity index (χ1) is 8.66. The van der Waals surface area contributed by atoms with Gasteiger partial charge in [-0.3, -0.25) is 4.98 Å². The predicted molar refractivity (Wildman–Crippen MR) is 68.9 cm³/mol. The molecule has 2 N–H and O–H groups in total. The van der Waals surface area contributed by atoms with Crippen LogP contribution in [0, 0.1) is 6.92 Å². The van der Waals surface area contributed by atoms with Crippen molar-refractivity contribution in [3.8, 4) is 0 Å². The Balaban J connectivity index is 2.06. The average molecular weight is 242 g/mol. The SMILES string of the molecule is Cc1ccc(N)c(C(=O)OCc2cccnc2)c1. The third-order valence-corrected chi connectivity index (χ3v) is 2.52. The van der Waals surface area contributed by atoms with E-state index in [0.29, 0.717) is 11.3 Å². The lowest BCUT2D eigenvalue weighted by atomic mass is 10.1. The second kappa shape index (κ2) is 5.31. The Bertz CT molecular complexity index is 553. The second-order valence-corrected chi connectivity index (χ2v) is 4.03. The lowest BCUT2D eigenvalue weighted by Crippen LogP contribution is -2.08. The highest BCUT2D eigenvalue weighted by atomic mass is 16.5. The number of aryl methyl sites for hydroxylation is 1. The molecule has 2 rings (SSSR count). The number of esters is 1. The minimum absolute atomic E-state index is 0.194. The number of anilines is 1. The topological polar surface area (TPSA) is 65.2 Å². The summed E-state index contributed by atoms with van der Waals surface area (Å²) in [6, 6.07) is 8.92. The first kappa shape index (κ1) is 12.1. The van der Waals surface area contributed by atoms with Crippen LogP contribution in [-0.4, -0.2) is 11.0 Å². The van der Waals surface area contributed by atoms with Crippen LogP contribution in [0.15, 0.2) is 42.7 Å². The Kier molecular flexibility index (Phi) is 3.57. The van der Waals surface area contributed by atoms with Crippen LogP contribution in [-0.2, 0) is 11.3 Å². The lowest BCUT2D eigenvalue weighted by molar-refractivity contribution is 0.0473. The van der Waals surface area contributed by atoms with Gasteiger partial charge in [0.2, 0.25) is 0 Å². The van der Waals surface area contributed by atoms with Gasteiger partial charge >= 0.3 is 5.97 Å². The van der Waals surface area contributed by atoms with Crippen molar-refractivity contribution < 1.29 is 9.53 Å². The summed E-state index contributed by atoms with van der Waals surface area (Å²) in [5.41, 5.74) is 8.39. The standard InChI is InChI=1S/C14H14N2O2/c1-10-4-5-13(15)12(7-10)14(17)18-9-11-3-2-6-16-8-11/h2-8H,9,15H2,1H3. The van der Waals surface area contributed by atoms with Crippen LogP contribution in [0.2, 0.25) is 0 Å². The van der Waals surface area contributed by atoms with Crippen LogP contribution >= 0.6 is 0 Å². The highest BCUT2D eigenvalue weighted by Crippen LogP contribution is 2.15. The summed E-state index contributed by atoms with van der Waals surface area (Å²) >= 11 is 0. The summed E-state index contributed by atoms with van der Waals surface area (Å²) in [5.74, 6) is -0.417. The molecule has 0 aliphatic rings. The molecule has 18 heavy (non-hydrogen) atoms. The second-order valence-electron chi connectivity index (χ2n) is 4.03. The van der Waals surface area contributed by atoms with Gasteiger partial charge in [0.05, 0.1) is 5.56 Å². The monoisotopic (exact) mass is 242 g/mol. The van der Waals surface area contributed by atoms with Crippen molar-refractivity contribution in [1.29, 1.82) is 0 Å². The molecule has 1 aromatic heterocycles. The maximum atomic E-state index is 11.9. The van der Waals surface area contributed by atoms with Gasteiger partial charge in [-0.1, -0.05) is 17.7 Å². The van der Waals surface area contributed by atoms with E-state index in [9.17, 15) is 4.79 Å². The van der Waals surface area contributed by atoms with E-state index >= 15 is 0 Å². The fourth-order valence-electron chi connectivity index (χ4n) is 1.56. The zero-order valence-corrected chi connectivity index (χ0v) is 10.1. The van der Waals surface area contributed by atoms with Gasteiger partial charge in [0.15, 0.2) is 0 Å². The zero-order valence-electron chi connectivity index (χ0n) is 10.1. The molecule has 4 nitrogen and oxygen atoms in total. The number of nitrogen functional groups attached to an aromatic ring is 1. The first-order valence-corrected chi connectivity index (χ1v) is 5.59. The third kappa shape index (κ3) is 2.85. The van der Waals surface area contributed by atoms with Crippen LogP contribution in [0.25, 0.3) is 0 Å². The molecule has 0 amide bonds. The van der Waals surface area contributed by atoms with Gasteiger partial charge in [0, 0.05) is 23.6 Å². The van der Waals surface area contributed by atoms with Gasteiger partial charge in [-0.2, -0.15) is 0 Å². The van der Waals surface area contributed by atoms with Gasteiger partial charge in [-0.25, -0.2) is 4.79 Å². The molecule has 2 aromatic rings. The highest BCUT2D eigenvalue weighted by molar-refractivity contribution is 5.95. The minimum Gasteiger partial charge on any atom is -0.457 e. The smallest absolute Gasteiger partial charge is 0.340 e. The van der Waals surface area contributed by atoms with E-state index in [0.717, 1.165) is 11.1 Å². The van der Waals surface area contributed by atoms with Crippen LogP contribution < -0.4 is 5.73 Å². The number of nitrogens with zero attached hydrogens (tertiary/aromatic N) is 1. The van der Waals surface area contributed by atoms with Crippen molar-refractivity contribution in [3.05, 3.63) is 59.4 Å². The van der Waals surface area contributed by atoms with E-state index < -0.39 is 5.97 Å². The summed E-state index contributed by atoms with van der Waals surface area (Å²) in [6.07, 6.45) is 3.33. The largest absolute Gasteiger partial charge is 0.457 e. The number of carbonyl (C=O) groups excluding carboxylic acids is 1. The van der Waals surface area contributed by atoms with Crippen molar-refractivity contribution in [2.45, 2.75) is 13.5 Å². The van der Waals surface area contributed by atoms with Crippen molar-refractivity contribution in [2.75, 3.05) is 5.73 Å². The Morgan fingerprint density at radius 3 is 2.94 bits per heavy atom. The van der Waals surface area contributed by atoms with E-state index in [1.54, 1.807) is 30.6 Å². The predicted octanol–water partition coefficient (Wildman–Crippen LogP) is 2.33. The molecule has 0 saturated carbocycles. The van der Waals surface area contributed by atoms with Gasteiger partial charge < -0.3 is 10.5 Å². The summed E-state index contributed by atoms with van der Waals surface area (Å²) in [6.45, 7) is 2.09. The summed E-state index contributed by atoms with van der Waals surface area (Å²) in [4.78, 5) is 15.8. The molecular weight excluding hydrogens is 228 g/mol. The summed E-state index contributed by atoms with van der Waals surface area (Å²) < 4.78 is 5.19. The molecule has 4 heteroatoms. The number of hydrogen-bond donors (Lipinski definition) is 1. The molecule has 0 atom stereocenters. The molecule has 0 aliphatic heterocycles. The summed E-state index contributed by atoms with van der Waals surface area (Å²) in [5, 5.41) is 0. The van der Waals surface area contributed by atoms with E-state index in [4.69, 9.17) is 10.5 Å². The Hall–Kier alpha value is -2.36. The number of hydrogen-bond acceptors (Lipinski definition) is 4. The molecule has 1 heterocycles. The molecule has 0 bridgehead atoms. The lowest BCUT2D eigenvalue weighted by Gasteiger charge is -2.07. The normalized spacial score (nSPS) is 10.1. The molecule has 1 aromatic carbocycles. The molecule has 0 fully saturated rings. The fourth-order valence-corrected chi connectivity index (χ4v) is 1.56. The first-order valence-electron chi connectivity index (χ1n) is 5.59.